The molecule has 0 radical (unpaired) electrons. The minimum absolute atomic E-state index is 0.296. The summed E-state index contributed by atoms with van der Waals surface area (Å²) in [4.78, 5) is 59.2. The summed E-state index contributed by atoms with van der Waals surface area (Å²) in [7, 11) is 0. The summed E-state index contributed by atoms with van der Waals surface area (Å²) < 4.78 is 14.6. The number of hydrogen-bond donors (Lipinski definition) is 1. The molecular formula is C28H21FN4O4S2. The number of benzene rings is 2. The molecule has 1 N–H and O–H groups in total. The third-order valence-electron chi connectivity index (χ3n) is 6.81. The lowest BCUT2D eigenvalue weighted by Crippen LogP contribution is -2.33. The standard InChI is InChI=1S/C28H21FN4O4S2/c1-15-4-10-19(11-5-15)33-25(35)22-21(16-3-2-12-30-13-16)24-27(38-23(22)26(33)36)32(28(37)39-24)14-20(34)31-18-8-6-17(29)7-9-18/h2-13,21-23H,14H2,1H3,(H,31,34)/t21-,22?,23?/m1/s1. The van der Waals surface area contributed by atoms with Crippen LogP contribution in [0.15, 0.2) is 82.9 Å². The molecule has 4 aromatic rings. The summed E-state index contributed by atoms with van der Waals surface area (Å²) in [6, 6.07) is 16.1. The molecule has 2 aliphatic heterocycles. The van der Waals surface area contributed by atoms with Crippen molar-refractivity contribution in [2.24, 2.45) is 5.92 Å². The smallest absolute Gasteiger partial charge is 0.308 e. The number of nitrogens with zero attached hydrogens (tertiary/aromatic N) is 3. The Labute approximate surface area is 230 Å². The van der Waals surface area contributed by atoms with Crippen molar-refractivity contribution in [3.05, 3.63) is 105 Å². The molecule has 0 bridgehead atoms. The molecule has 2 unspecified atom stereocenters. The number of rotatable bonds is 5. The first-order valence-electron chi connectivity index (χ1n) is 12.1. The maximum absolute atomic E-state index is 13.8. The van der Waals surface area contributed by atoms with E-state index in [2.05, 4.69) is 10.3 Å². The Morgan fingerprint density at radius 2 is 1.77 bits per heavy atom. The van der Waals surface area contributed by atoms with Crippen LogP contribution in [0, 0.1) is 18.7 Å². The van der Waals surface area contributed by atoms with Crippen LogP contribution in [0.5, 0.6) is 0 Å². The van der Waals surface area contributed by atoms with E-state index in [9.17, 15) is 23.6 Å². The van der Waals surface area contributed by atoms with Crippen LogP contribution in [-0.2, 0) is 20.9 Å². The van der Waals surface area contributed by atoms with E-state index >= 15 is 0 Å². The van der Waals surface area contributed by atoms with Crippen LogP contribution in [0.25, 0.3) is 0 Å². The number of imide groups is 1. The number of aromatic nitrogens is 2. The Morgan fingerprint density at radius 3 is 2.46 bits per heavy atom. The third-order valence-corrected chi connectivity index (χ3v) is 9.42. The van der Waals surface area contributed by atoms with Crippen LogP contribution in [0.1, 0.15) is 21.9 Å². The van der Waals surface area contributed by atoms with E-state index in [1.165, 1.54) is 33.7 Å². The fraction of sp³-hybridized carbons (Fsp3) is 0.179. The monoisotopic (exact) mass is 560 g/mol. The van der Waals surface area contributed by atoms with Gasteiger partial charge in [-0.25, -0.2) is 9.29 Å². The average molecular weight is 561 g/mol. The highest BCUT2D eigenvalue weighted by Crippen LogP contribution is 2.53. The van der Waals surface area contributed by atoms with Gasteiger partial charge >= 0.3 is 4.87 Å². The van der Waals surface area contributed by atoms with Gasteiger partial charge in [0, 0.05) is 28.9 Å². The molecule has 0 aliphatic carbocycles. The van der Waals surface area contributed by atoms with Gasteiger partial charge < -0.3 is 5.32 Å². The van der Waals surface area contributed by atoms with E-state index in [-0.39, 0.29) is 23.2 Å². The van der Waals surface area contributed by atoms with Gasteiger partial charge in [0.25, 0.3) is 0 Å². The highest BCUT2D eigenvalue weighted by atomic mass is 32.2. The first-order valence-corrected chi connectivity index (χ1v) is 13.8. The van der Waals surface area contributed by atoms with E-state index in [4.69, 9.17) is 0 Å². The zero-order valence-electron chi connectivity index (χ0n) is 20.5. The molecule has 11 heteroatoms. The number of halogens is 1. The lowest BCUT2D eigenvalue weighted by Gasteiger charge is -2.30. The number of anilines is 2. The van der Waals surface area contributed by atoms with Crippen molar-refractivity contribution in [3.8, 4) is 0 Å². The molecule has 2 aromatic carbocycles. The van der Waals surface area contributed by atoms with Crippen LogP contribution in [-0.4, -0.2) is 32.5 Å². The predicted molar refractivity (Wildman–Crippen MR) is 146 cm³/mol. The second-order valence-electron chi connectivity index (χ2n) is 9.35. The van der Waals surface area contributed by atoms with Crippen LogP contribution >= 0.6 is 23.1 Å². The molecule has 0 spiro atoms. The molecule has 3 amide bonds. The van der Waals surface area contributed by atoms with Gasteiger partial charge in [-0.2, -0.15) is 0 Å². The van der Waals surface area contributed by atoms with Gasteiger partial charge in [0.2, 0.25) is 17.7 Å². The van der Waals surface area contributed by atoms with Crippen molar-refractivity contribution in [1.82, 2.24) is 9.55 Å². The zero-order valence-corrected chi connectivity index (χ0v) is 22.2. The number of aryl methyl sites for hydroxylation is 1. The highest BCUT2D eigenvalue weighted by Gasteiger charge is 2.56. The summed E-state index contributed by atoms with van der Waals surface area (Å²) in [5, 5.41) is 2.38. The Hall–Kier alpha value is -4.09. The van der Waals surface area contributed by atoms with Crippen LogP contribution in [0.4, 0.5) is 15.8 Å². The average Bonchev–Trinajstić information content (AvgIpc) is 3.37. The van der Waals surface area contributed by atoms with Crippen LogP contribution in [0.2, 0.25) is 0 Å². The van der Waals surface area contributed by atoms with E-state index in [1.54, 1.807) is 30.6 Å². The second-order valence-corrected chi connectivity index (χ2v) is 11.5. The Morgan fingerprint density at radius 1 is 1.03 bits per heavy atom. The number of thioether (sulfide) groups is 1. The molecule has 0 saturated carbocycles. The minimum atomic E-state index is -0.781. The van der Waals surface area contributed by atoms with Crippen molar-refractivity contribution in [2.45, 2.75) is 29.7 Å². The van der Waals surface area contributed by atoms with Crippen molar-refractivity contribution in [1.29, 1.82) is 0 Å². The lowest BCUT2D eigenvalue weighted by molar-refractivity contribution is -0.122. The summed E-state index contributed by atoms with van der Waals surface area (Å²) in [5.41, 5.74) is 2.60. The predicted octanol–water partition coefficient (Wildman–Crippen LogP) is 4.19. The van der Waals surface area contributed by atoms with Gasteiger partial charge in [0.05, 0.1) is 16.6 Å². The number of pyridine rings is 1. The number of carbonyl (C=O) groups excluding carboxylic acids is 3. The molecule has 196 valence electrons. The normalized spacial score (nSPS) is 20.1. The maximum atomic E-state index is 13.8. The molecule has 39 heavy (non-hydrogen) atoms. The number of amides is 3. The fourth-order valence-electron chi connectivity index (χ4n) is 5.00. The molecule has 2 aromatic heterocycles. The number of thiazole rings is 1. The zero-order chi connectivity index (χ0) is 27.3. The summed E-state index contributed by atoms with van der Waals surface area (Å²) in [6.45, 7) is 1.63. The van der Waals surface area contributed by atoms with Gasteiger partial charge in [0.1, 0.15) is 17.6 Å². The van der Waals surface area contributed by atoms with Gasteiger partial charge in [-0.3, -0.25) is 28.7 Å². The minimum Gasteiger partial charge on any atom is -0.325 e. The molecule has 1 fully saturated rings. The highest BCUT2D eigenvalue weighted by molar-refractivity contribution is 8.00. The SMILES string of the molecule is Cc1ccc(N2C(=O)C3Sc4c(sc(=O)n4CC(=O)Nc4ccc(F)cc4)[C@H](c4cccnc4)C3C2=O)cc1. The van der Waals surface area contributed by atoms with E-state index < -0.39 is 28.8 Å². The van der Waals surface area contributed by atoms with Gasteiger partial charge in [-0.05, 0) is 55.0 Å². The molecule has 6 rings (SSSR count). The van der Waals surface area contributed by atoms with Crippen molar-refractivity contribution < 1.29 is 18.8 Å². The third kappa shape index (κ3) is 4.47. The topological polar surface area (TPSA) is 101 Å². The van der Waals surface area contributed by atoms with E-state index in [1.807, 2.05) is 25.1 Å². The summed E-state index contributed by atoms with van der Waals surface area (Å²) >= 11 is 2.12. The first kappa shape index (κ1) is 25.2. The van der Waals surface area contributed by atoms with Crippen LogP contribution in [0.3, 0.4) is 0 Å². The molecule has 4 heterocycles. The molecular weight excluding hydrogens is 539 g/mol. The van der Waals surface area contributed by atoms with Gasteiger partial charge in [-0.1, -0.05) is 46.9 Å². The lowest BCUT2D eigenvalue weighted by atomic mass is 9.84. The Bertz CT molecular complexity index is 1650. The summed E-state index contributed by atoms with van der Waals surface area (Å²) in [6.07, 6.45) is 3.26. The first-order chi connectivity index (χ1) is 18.8. The van der Waals surface area contributed by atoms with Crippen molar-refractivity contribution >= 4 is 52.2 Å². The Balaban J connectivity index is 1.39. The van der Waals surface area contributed by atoms with E-state index in [0.717, 1.165) is 28.7 Å². The maximum Gasteiger partial charge on any atom is 0.308 e. The van der Waals surface area contributed by atoms with E-state index in [0.29, 0.717) is 26.8 Å². The fourth-order valence-corrected chi connectivity index (χ4v) is 7.77. The number of nitrogens with one attached hydrogen (secondary N) is 1. The number of hydrogen-bond acceptors (Lipinski definition) is 7. The van der Waals surface area contributed by atoms with Crippen molar-refractivity contribution in [3.63, 3.8) is 0 Å². The van der Waals surface area contributed by atoms with Gasteiger partial charge in [0.15, 0.2) is 0 Å². The molecule has 1 saturated heterocycles. The Kier molecular flexibility index (Phi) is 6.40. The van der Waals surface area contributed by atoms with Crippen LogP contribution < -0.4 is 15.1 Å². The molecule has 8 nitrogen and oxygen atoms in total. The second kappa shape index (κ2) is 9.90. The molecule has 2 aliphatic rings. The molecule has 3 atom stereocenters. The largest absolute Gasteiger partial charge is 0.325 e. The summed E-state index contributed by atoms with van der Waals surface area (Å²) in [5.74, 6) is -2.91. The number of fused-ring (bicyclic) bond motifs is 2. The van der Waals surface area contributed by atoms with Gasteiger partial charge in [-0.15, -0.1) is 0 Å². The quantitative estimate of drug-likeness (QED) is 0.368. The number of carbonyl (C=O) groups is 3. The van der Waals surface area contributed by atoms with Crippen molar-refractivity contribution in [2.75, 3.05) is 10.2 Å².